The number of thioether (sulfide) groups is 1. The molecule has 1 fully saturated rings. The van der Waals surface area contributed by atoms with Crippen LogP contribution >= 0.6 is 50.9 Å². The number of carbonyl (C=O) groups excluding carboxylic acids is 2. The van der Waals surface area contributed by atoms with E-state index in [9.17, 15) is 9.59 Å². The maximum Gasteiger partial charge on any atom is 0.293 e. The summed E-state index contributed by atoms with van der Waals surface area (Å²) >= 11 is 16.9. The minimum absolute atomic E-state index is 0.217. The monoisotopic (exact) mass is 522 g/mol. The molecular weight excluding hydrogens is 507 g/mol. The molecule has 154 valence electrons. The number of carbonyl (C=O) groups is 2. The van der Waals surface area contributed by atoms with Crippen molar-refractivity contribution in [1.82, 2.24) is 9.47 Å². The van der Waals surface area contributed by atoms with Crippen molar-refractivity contribution in [1.29, 1.82) is 0 Å². The highest BCUT2D eigenvalue weighted by atomic mass is 79.9. The van der Waals surface area contributed by atoms with Gasteiger partial charge in [-0.2, -0.15) is 0 Å². The van der Waals surface area contributed by atoms with Crippen molar-refractivity contribution < 1.29 is 9.59 Å². The molecule has 2 aromatic carbocycles. The lowest BCUT2D eigenvalue weighted by atomic mass is 10.1. The van der Waals surface area contributed by atoms with Gasteiger partial charge in [0.2, 0.25) is 0 Å². The van der Waals surface area contributed by atoms with Crippen LogP contribution in [0.15, 0.2) is 52.0 Å². The molecule has 2 amide bonds. The third kappa shape index (κ3) is 4.19. The van der Waals surface area contributed by atoms with Gasteiger partial charge in [-0.1, -0.05) is 52.1 Å². The normalized spacial score (nSPS) is 15.7. The average molecular weight is 524 g/mol. The van der Waals surface area contributed by atoms with Crippen LogP contribution in [0.3, 0.4) is 0 Å². The second kappa shape index (κ2) is 8.79. The van der Waals surface area contributed by atoms with Crippen LogP contribution in [-0.2, 0) is 11.3 Å². The first kappa shape index (κ1) is 21.5. The molecule has 0 bridgehead atoms. The van der Waals surface area contributed by atoms with Crippen molar-refractivity contribution in [2.45, 2.75) is 19.9 Å². The van der Waals surface area contributed by atoms with Crippen molar-refractivity contribution >= 4 is 79.0 Å². The van der Waals surface area contributed by atoms with Gasteiger partial charge in [-0.05, 0) is 60.2 Å². The molecule has 4 nitrogen and oxygen atoms in total. The van der Waals surface area contributed by atoms with Crippen LogP contribution in [0.4, 0.5) is 4.79 Å². The van der Waals surface area contributed by atoms with E-state index < -0.39 is 0 Å². The number of fused-ring (bicyclic) bond motifs is 1. The van der Waals surface area contributed by atoms with E-state index >= 15 is 0 Å². The summed E-state index contributed by atoms with van der Waals surface area (Å²) < 4.78 is 3.02. The summed E-state index contributed by atoms with van der Waals surface area (Å²) in [5.41, 5.74) is 2.82. The van der Waals surface area contributed by atoms with Crippen LogP contribution in [0.2, 0.25) is 10.0 Å². The fourth-order valence-corrected chi connectivity index (χ4v) is 5.12. The van der Waals surface area contributed by atoms with Crippen molar-refractivity contribution in [2.24, 2.45) is 0 Å². The van der Waals surface area contributed by atoms with Crippen molar-refractivity contribution in [2.75, 3.05) is 6.54 Å². The zero-order valence-corrected chi connectivity index (χ0v) is 19.9. The Morgan fingerprint density at radius 2 is 1.93 bits per heavy atom. The van der Waals surface area contributed by atoms with Crippen molar-refractivity contribution in [3.63, 3.8) is 0 Å². The fraction of sp³-hybridized carbons (Fsp3) is 0.182. The van der Waals surface area contributed by atoms with E-state index in [1.807, 2.05) is 43.5 Å². The number of amides is 2. The van der Waals surface area contributed by atoms with Gasteiger partial charge in [0.05, 0.1) is 4.91 Å². The SMILES string of the molecule is CCCN1C(=O)S/C(=C\c2cn(Cc3ccc(Cl)cc3Cl)c3ccc(Br)cc23)C1=O. The summed E-state index contributed by atoms with van der Waals surface area (Å²) in [6.45, 7) is 2.93. The summed E-state index contributed by atoms with van der Waals surface area (Å²) in [6, 6.07) is 11.5. The maximum atomic E-state index is 12.7. The Hall–Kier alpha value is -1.73. The molecule has 1 aromatic heterocycles. The lowest BCUT2D eigenvalue weighted by Gasteiger charge is -2.09. The quantitative estimate of drug-likeness (QED) is 0.332. The highest BCUT2D eigenvalue weighted by Crippen LogP contribution is 2.35. The Bertz CT molecular complexity index is 1210. The van der Waals surface area contributed by atoms with E-state index in [4.69, 9.17) is 23.2 Å². The first-order valence-corrected chi connectivity index (χ1v) is 11.7. The molecule has 1 saturated heterocycles. The van der Waals surface area contributed by atoms with Gasteiger partial charge in [0, 0.05) is 50.3 Å². The van der Waals surface area contributed by atoms with Crippen LogP contribution in [0, 0.1) is 0 Å². The van der Waals surface area contributed by atoms with E-state index in [0.717, 1.165) is 44.7 Å². The molecule has 1 aliphatic rings. The number of aromatic nitrogens is 1. The number of benzene rings is 2. The summed E-state index contributed by atoms with van der Waals surface area (Å²) in [5, 5.41) is 1.96. The molecule has 0 atom stereocenters. The highest BCUT2D eigenvalue weighted by Gasteiger charge is 2.34. The second-order valence-corrected chi connectivity index (χ2v) is 9.70. The molecule has 4 rings (SSSR count). The highest BCUT2D eigenvalue weighted by molar-refractivity contribution is 9.10. The van der Waals surface area contributed by atoms with Gasteiger partial charge >= 0.3 is 0 Å². The topological polar surface area (TPSA) is 42.3 Å². The Kier molecular flexibility index (Phi) is 6.30. The molecule has 1 aliphatic heterocycles. The lowest BCUT2D eigenvalue weighted by molar-refractivity contribution is -0.122. The third-order valence-corrected chi connectivity index (χ3v) is 6.82. The minimum atomic E-state index is -0.233. The molecular formula is C22H17BrCl2N2O2S. The smallest absolute Gasteiger partial charge is 0.293 e. The van der Waals surface area contributed by atoms with E-state index in [1.54, 1.807) is 12.1 Å². The van der Waals surface area contributed by atoms with Crippen LogP contribution in [0.5, 0.6) is 0 Å². The maximum absolute atomic E-state index is 12.7. The predicted octanol–water partition coefficient (Wildman–Crippen LogP) is 7.21. The standard InChI is InChI=1S/C22H17BrCl2N2O2S/c1-2-7-27-21(28)20(30-22(27)29)8-14-12-26(19-6-4-15(23)9-17(14)19)11-13-3-5-16(24)10-18(13)25/h3-6,8-10,12H,2,7,11H2,1H3/b20-8-. The van der Waals surface area contributed by atoms with Gasteiger partial charge in [-0.15, -0.1) is 0 Å². The summed E-state index contributed by atoms with van der Waals surface area (Å²) in [4.78, 5) is 26.6. The molecule has 0 N–H and O–H groups in total. The van der Waals surface area contributed by atoms with Gasteiger partial charge in [0.25, 0.3) is 11.1 Å². The van der Waals surface area contributed by atoms with Gasteiger partial charge in [0.1, 0.15) is 0 Å². The average Bonchev–Trinajstić information content (AvgIpc) is 3.16. The number of hydrogen-bond donors (Lipinski definition) is 0. The minimum Gasteiger partial charge on any atom is -0.342 e. The molecule has 2 heterocycles. The van der Waals surface area contributed by atoms with Gasteiger partial charge in [-0.25, -0.2) is 0 Å². The fourth-order valence-electron chi connectivity index (χ4n) is 3.43. The third-order valence-electron chi connectivity index (χ3n) is 4.84. The first-order chi connectivity index (χ1) is 14.4. The number of imide groups is 1. The lowest BCUT2D eigenvalue weighted by Crippen LogP contribution is -2.28. The second-order valence-electron chi connectivity index (χ2n) is 6.94. The zero-order chi connectivity index (χ0) is 21.4. The molecule has 3 aromatic rings. The molecule has 0 aliphatic carbocycles. The van der Waals surface area contributed by atoms with Crippen LogP contribution in [0.25, 0.3) is 17.0 Å². The number of hydrogen-bond acceptors (Lipinski definition) is 3. The first-order valence-electron chi connectivity index (χ1n) is 9.35. The Labute approximate surface area is 196 Å². The molecule has 30 heavy (non-hydrogen) atoms. The predicted molar refractivity (Wildman–Crippen MR) is 128 cm³/mol. The van der Waals surface area contributed by atoms with Crippen molar-refractivity contribution in [3.05, 3.63) is 73.1 Å². The van der Waals surface area contributed by atoms with E-state index in [0.29, 0.717) is 28.0 Å². The van der Waals surface area contributed by atoms with E-state index in [2.05, 4.69) is 20.5 Å². The summed E-state index contributed by atoms with van der Waals surface area (Å²) in [5.74, 6) is -0.233. The van der Waals surface area contributed by atoms with Crippen LogP contribution < -0.4 is 0 Å². The van der Waals surface area contributed by atoms with Gasteiger partial charge in [0.15, 0.2) is 0 Å². The van der Waals surface area contributed by atoms with Crippen molar-refractivity contribution in [3.8, 4) is 0 Å². The largest absolute Gasteiger partial charge is 0.342 e. The Morgan fingerprint density at radius 1 is 1.13 bits per heavy atom. The van der Waals surface area contributed by atoms with E-state index in [1.165, 1.54) is 4.90 Å². The molecule has 0 radical (unpaired) electrons. The number of halogens is 3. The van der Waals surface area contributed by atoms with Crippen LogP contribution in [-0.4, -0.2) is 27.2 Å². The summed E-state index contributed by atoms with van der Waals surface area (Å²) in [6.07, 6.45) is 4.52. The number of nitrogens with zero attached hydrogens (tertiary/aromatic N) is 2. The van der Waals surface area contributed by atoms with Crippen LogP contribution in [0.1, 0.15) is 24.5 Å². The Morgan fingerprint density at radius 3 is 2.67 bits per heavy atom. The van der Waals surface area contributed by atoms with E-state index in [-0.39, 0.29) is 11.1 Å². The van der Waals surface area contributed by atoms with Gasteiger partial charge in [-0.3, -0.25) is 14.5 Å². The van der Waals surface area contributed by atoms with Gasteiger partial charge < -0.3 is 4.57 Å². The molecule has 0 unspecified atom stereocenters. The molecule has 0 spiro atoms. The Balaban J connectivity index is 1.77. The number of rotatable bonds is 5. The molecule has 0 saturated carbocycles. The molecule has 8 heteroatoms. The zero-order valence-electron chi connectivity index (χ0n) is 16.0. The summed E-state index contributed by atoms with van der Waals surface area (Å²) in [7, 11) is 0.